The van der Waals surface area contributed by atoms with E-state index in [0.29, 0.717) is 0 Å². The first-order chi connectivity index (χ1) is 27.8. The van der Waals surface area contributed by atoms with Gasteiger partial charge in [0.25, 0.3) is 6.71 Å². The minimum Gasteiger partial charge on any atom is -0.311 e. The third kappa shape index (κ3) is 3.87. The van der Waals surface area contributed by atoms with Crippen LogP contribution in [0.3, 0.4) is 0 Å². The fourth-order valence-corrected chi connectivity index (χ4v) is 10.3. The molecule has 3 aliphatic rings. The highest BCUT2D eigenvalue weighted by atomic mass is 15.2. The van der Waals surface area contributed by atoms with Gasteiger partial charge in [0.15, 0.2) is 0 Å². The monoisotopic (exact) mass is 709 g/mol. The van der Waals surface area contributed by atoms with E-state index < -0.39 is 0 Å². The van der Waals surface area contributed by atoms with E-state index in [0.717, 1.165) is 17.1 Å². The van der Waals surface area contributed by atoms with E-state index in [1.165, 1.54) is 94.0 Å². The van der Waals surface area contributed by atoms with Crippen LogP contribution in [0, 0.1) is 0 Å². The predicted octanol–water partition coefficient (Wildman–Crippen LogP) is 11.7. The summed E-state index contributed by atoms with van der Waals surface area (Å²) < 4.78 is 2.54. The summed E-state index contributed by atoms with van der Waals surface area (Å²) in [5.41, 5.74) is 19.8. The van der Waals surface area contributed by atoms with Crippen LogP contribution < -0.4 is 26.2 Å². The van der Waals surface area contributed by atoms with E-state index in [1.54, 1.807) is 0 Å². The number of para-hydroxylation sites is 4. The molecule has 0 atom stereocenters. The van der Waals surface area contributed by atoms with Crippen LogP contribution in [-0.4, -0.2) is 11.3 Å². The summed E-state index contributed by atoms with van der Waals surface area (Å²) in [7, 11) is 0. The second-order valence-corrected chi connectivity index (χ2v) is 15.2. The minimum atomic E-state index is 0.0692. The van der Waals surface area contributed by atoms with Gasteiger partial charge in [-0.05, 0) is 110 Å². The Morgan fingerprint density at radius 2 is 0.821 bits per heavy atom. The van der Waals surface area contributed by atoms with E-state index in [1.807, 2.05) is 0 Å². The molecule has 0 N–H and O–H groups in total. The Kier molecular flexibility index (Phi) is 5.98. The van der Waals surface area contributed by atoms with Crippen molar-refractivity contribution in [2.24, 2.45) is 0 Å². The average molecular weight is 710 g/mol. The first kappa shape index (κ1) is 30.1. The van der Waals surface area contributed by atoms with Gasteiger partial charge in [0.05, 0.1) is 16.7 Å². The SMILES string of the molecule is c1ccc(N2c3ccccc3B3c4ccccc4N(c4ccccc4)c4cc(-n5c6cccc7c6c6c8c(cccc8ccc65)-c5ccccc5-7)cc2c43)cc1. The molecule has 0 spiro atoms. The molecule has 0 bridgehead atoms. The van der Waals surface area contributed by atoms with E-state index in [4.69, 9.17) is 0 Å². The molecule has 2 aliphatic heterocycles. The zero-order valence-corrected chi connectivity index (χ0v) is 30.4. The van der Waals surface area contributed by atoms with Crippen LogP contribution >= 0.6 is 0 Å². The van der Waals surface area contributed by atoms with Crippen LogP contribution in [0.1, 0.15) is 0 Å². The Labute approximate surface area is 325 Å². The zero-order valence-electron chi connectivity index (χ0n) is 30.4. The number of rotatable bonds is 3. The molecular formula is C52H32BN3. The standard InChI is InChI=1S/C52H32BN3/c1-3-16-34(17-4-1)54-43-26-11-9-24-41(43)53-42-25-10-12-27-44(42)55(35-18-5-2-6-19-35)48-32-36(31-47(54)52(48)53)56-45-28-14-23-40-38-21-8-7-20-37(38)39-22-13-15-33-29-30-46(56)51(49(33)39)50(40)45/h1-32H. The van der Waals surface area contributed by atoms with Crippen LogP contribution in [0.25, 0.3) is 60.5 Å². The van der Waals surface area contributed by atoms with Gasteiger partial charge in [0.1, 0.15) is 0 Å². The summed E-state index contributed by atoms with van der Waals surface area (Å²) in [4.78, 5) is 4.99. The molecule has 1 aromatic heterocycles. The van der Waals surface area contributed by atoms with Crippen molar-refractivity contribution in [1.82, 2.24) is 4.57 Å². The summed E-state index contributed by atoms with van der Waals surface area (Å²) in [6, 6.07) is 72.0. The molecule has 0 amide bonds. The number of hydrogen-bond donors (Lipinski definition) is 0. The Morgan fingerprint density at radius 1 is 0.321 bits per heavy atom. The smallest absolute Gasteiger partial charge is 0.252 e. The summed E-state index contributed by atoms with van der Waals surface area (Å²) in [5.74, 6) is 0. The van der Waals surface area contributed by atoms with E-state index >= 15 is 0 Å². The van der Waals surface area contributed by atoms with Gasteiger partial charge in [0, 0.05) is 44.9 Å². The topological polar surface area (TPSA) is 11.4 Å². The molecule has 9 aromatic carbocycles. The van der Waals surface area contributed by atoms with E-state index in [2.05, 4.69) is 208 Å². The second kappa shape index (κ2) is 11.1. The molecule has 3 heterocycles. The van der Waals surface area contributed by atoms with Crippen molar-refractivity contribution in [2.75, 3.05) is 9.80 Å². The highest BCUT2D eigenvalue weighted by Crippen LogP contribution is 2.51. The zero-order chi connectivity index (χ0) is 36.5. The van der Waals surface area contributed by atoms with Crippen molar-refractivity contribution >= 4 is 89.8 Å². The molecule has 0 fully saturated rings. The lowest BCUT2D eigenvalue weighted by Crippen LogP contribution is -2.61. The van der Waals surface area contributed by atoms with Gasteiger partial charge in [-0.15, -0.1) is 0 Å². The lowest BCUT2D eigenvalue weighted by Gasteiger charge is -2.44. The normalized spacial score (nSPS) is 13.2. The van der Waals surface area contributed by atoms with Crippen molar-refractivity contribution < 1.29 is 0 Å². The van der Waals surface area contributed by atoms with Crippen molar-refractivity contribution in [3.8, 4) is 27.9 Å². The number of fused-ring (bicyclic) bond motifs is 7. The van der Waals surface area contributed by atoms with Crippen LogP contribution in [0.2, 0.25) is 0 Å². The van der Waals surface area contributed by atoms with Gasteiger partial charge in [-0.3, -0.25) is 0 Å². The number of benzene rings is 9. The molecule has 0 unspecified atom stereocenters. The van der Waals surface area contributed by atoms with Gasteiger partial charge in [0.2, 0.25) is 0 Å². The largest absolute Gasteiger partial charge is 0.311 e. The van der Waals surface area contributed by atoms with Gasteiger partial charge in [-0.1, -0.05) is 133 Å². The predicted molar refractivity (Wildman–Crippen MR) is 237 cm³/mol. The molecule has 0 radical (unpaired) electrons. The molecular weight excluding hydrogens is 677 g/mol. The average Bonchev–Trinajstić information content (AvgIpc) is 3.55. The van der Waals surface area contributed by atoms with Crippen molar-refractivity contribution in [1.29, 1.82) is 0 Å². The summed E-state index contributed by atoms with van der Waals surface area (Å²) in [6.45, 7) is 0.0692. The molecule has 56 heavy (non-hydrogen) atoms. The van der Waals surface area contributed by atoms with Gasteiger partial charge < -0.3 is 14.4 Å². The fraction of sp³-hybridized carbons (Fsp3) is 0. The van der Waals surface area contributed by atoms with E-state index in [-0.39, 0.29) is 6.71 Å². The number of anilines is 6. The molecule has 4 heteroatoms. The molecule has 3 nitrogen and oxygen atoms in total. The van der Waals surface area contributed by atoms with Crippen LogP contribution in [0.15, 0.2) is 194 Å². The minimum absolute atomic E-state index is 0.0692. The van der Waals surface area contributed by atoms with Crippen molar-refractivity contribution in [3.63, 3.8) is 0 Å². The highest BCUT2D eigenvalue weighted by molar-refractivity contribution is 7.00. The maximum atomic E-state index is 2.54. The quantitative estimate of drug-likeness (QED) is 0.169. The Bertz CT molecular complexity index is 3160. The Balaban J connectivity index is 1.20. The summed E-state index contributed by atoms with van der Waals surface area (Å²) >= 11 is 0. The molecule has 13 rings (SSSR count). The Hall–Kier alpha value is -7.30. The van der Waals surface area contributed by atoms with Crippen LogP contribution in [-0.2, 0) is 0 Å². The number of nitrogens with zero attached hydrogens (tertiary/aromatic N) is 3. The number of aromatic nitrogens is 1. The summed E-state index contributed by atoms with van der Waals surface area (Å²) in [6.07, 6.45) is 0. The maximum absolute atomic E-state index is 2.54. The molecule has 0 saturated heterocycles. The van der Waals surface area contributed by atoms with Gasteiger partial charge in [-0.2, -0.15) is 0 Å². The van der Waals surface area contributed by atoms with Crippen molar-refractivity contribution in [3.05, 3.63) is 194 Å². The van der Waals surface area contributed by atoms with Crippen LogP contribution in [0.4, 0.5) is 34.1 Å². The second-order valence-electron chi connectivity index (χ2n) is 15.2. The Morgan fingerprint density at radius 3 is 1.45 bits per heavy atom. The van der Waals surface area contributed by atoms with Crippen LogP contribution in [0.5, 0.6) is 0 Å². The molecule has 258 valence electrons. The third-order valence-electron chi connectivity index (χ3n) is 12.5. The first-order valence-electron chi connectivity index (χ1n) is 19.5. The fourth-order valence-electron chi connectivity index (χ4n) is 10.3. The lowest BCUT2D eigenvalue weighted by molar-refractivity contribution is 1.16. The lowest BCUT2D eigenvalue weighted by atomic mass is 9.33. The number of hydrogen-bond acceptors (Lipinski definition) is 2. The summed E-state index contributed by atoms with van der Waals surface area (Å²) in [5, 5.41) is 5.22. The first-order valence-corrected chi connectivity index (χ1v) is 19.5. The van der Waals surface area contributed by atoms with Gasteiger partial charge in [-0.25, -0.2) is 0 Å². The van der Waals surface area contributed by atoms with E-state index in [9.17, 15) is 0 Å². The van der Waals surface area contributed by atoms with Gasteiger partial charge >= 0.3 is 0 Å². The third-order valence-corrected chi connectivity index (χ3v) is 12.5. The maximum Gasteiger partial charge on any atom is 0.252 e. The highest BCUT2D eigenvalue weighted by Gasteiger charge is 2.43. The molecule has 10 aromatic rings. The van der Waals surface area contributed by atoms with Crippen molar-refractivity contribution in [2.45, 2.75) is 0 Å². The molecule has 0 saturated carbocycles. The molecule has 1 aliphatic carbocycles.